The molecule has 0 radical (unpaired) electrons. The van der Waals surface area contributed by atoms with E-state index in [1.807, 2.05) is 24.3 Å². The predicted octanol–water partition coefficient (Wildman–Crippen LogP) is 2.05. The number of benzene rings is 3. The Kier molecular flexibility index (Phi) is 4.20. The lowest BCUT2D eigenvalue weighted by molar-refractivity contribution is 0.0945. The van der Waals surface area contributed by atoms with Gasteiger partial charge in [-0.3, -0.25) is 10.2 Å². The highest BCUT2D eigenvalue weighted by atomic mass is 32.2. The first-order chi connectivity index (χ1) is 11.5. The Bertz CT molecular complexity index is 1020. The third-order valence-corrected chi connectivity index (χ3v) is 4.72. The Hall–Kier alpha value is -2.90. The minimum absolute atomic E-state index is 0.0640. The van der Waals surface area contributed by atoms with Crippen LogP contribution in [0.25, 0.3) is 10.8 Å². The molecular weight excluding hydrogens is 326 g/mol. The fourth-order valence-corrected chi connectivity index (χ4v) is 3.13. The van der Waals surface area contributed by atoms with Crippen molar-refractivity contribution in [3.05, 3.63) is 72.3 Å². The number of hydrazine groups is 1. The fraction of sp³-hybridized carbons (Fsp3) is 0. The van der Waals surface area contributed by atoms with E-state index < -0.39 is 15.9 Å². The zero-order valence-electron chi connectivity index (χ0n) is 12.6. The molecule has 7 heteroatoms. The minimum Gasteiger partial charge on any atom is -0.399 e. The van der Waals surface area contributed by atoms with Gasteiger partial charge in [0.2, 0.25) is 0 Å². The van der Waals surface area contributed by atoms with E-state index in [2.05, 4.69) is 10.3 Å². The Morgan fingerprint density at radius 1 is 0.875 bits per heavy atom. The molecule has 6 nitrogen and oxygen atoms in total. The van der Waals surface area contributed by atoms with Crippen LogP contribution in [-0.4, -0.2) is 14.3 Å². The quantitative estimate of drug-likeness (QED) is 0.499. The standard InChI is InChI=1S/C17H15N3O3S/c18-15-7-3-6-14(10-15)17(21)19-20-24(22,23)16-9-8-12-4-1-2-5-13(12)11-16/h1-11,20H,18H2,(H,19,21). The highest BCUT2D eigenvalue weighted by molar-refractivity contribution is 7.89. The number of fused-ring (bicyclic) bond motifs is 1. The van der Waals surface area contributed by atoms with Gasteiger partial charge in [-0.1, -0.05) is 36.4 Å². The number of amides is 1. The van der Waals surface area contributed by atoms with Crippen LogP contribution in [0.1, 0.15) is 10.4 Å². The second-order valence-electron chi connectivity index (χ2n) is 5.19. The van der Waals surface area contributed by atoms with Gasteiger partial charge in [0.15, 0.2) is 0 Å². The molecule has 0 saturated heterocycles. The molecule has 4 N–H and O–H groups in total. The summed E-state index contributed by atoms with van der Waals surface area (Å²) in [7, 11) is -3.88. The van der Waals surface area contributed by atoms with Crippen molar-refractivity contribution in [2.24, 2.45) is 0 Å². The normalized spacial score (nSPS) is 11.3. The van der Waals surface area contributed by atoms with Gasteiger partial charge in [0.05, 0.1) is 4.90 Å². The summed E-state index contributed by atoms with van der Waals surface area (Å²) >= 11 is 0. The molecule has 0 aliphatic carbocycles. The maximum Gasteiger partial charge on any atom is 0.266 e. The van der Waals surface area contributed by atoms with Gasteiger partial charge in [0.1, 0.15) is 0 Å². The summed E-state index contributed by atoms with van der Waals surface area (Å²) in [5.41, 5.74) is 8.46. The maximum absolute atomic E-state index is 12.3. The Balaban J connectivity index is 1.79. The van der Waals surface area contributed by atoms with Crippen molar-refractivity contribution in [3.8, 4) is 0 Å². The van der Waals surface area contributed by atoms with Crippen molar-refractivity contribution in [1.29, 1.82) is 0 Å². The lowest BCUT2D eigenvalue weighted by Crippen LogP contribution is -2.41. The molecule has 0 atom stereocenters. The Morgan fingerprint density at radius 3 is 2.38 bits per heavy atom. The third kappa shape index (κ3) is 3.37. The van der Waals surface area contributed by atoms with Crippen molar-refractivity contribution >= 4 is 32.4 Å². The molecule has 24 heavy (non-hydrogen) atoms. The van der Waals surface area contributed by atoms with Crippen LogP contribution in [-0.2, 0) is 10.0 Å². The number of nitrogens with two attached hydrogens (primary N) is 1. The molecule has 3 rings (SSSR count). The van der Waals surface area contributed by atoms with Crippen molar-refractivity contribution in [2.45, 2.75) is 4.90 Å². The van der Waals surface area contributed by atoms with Crippen molar-refractivity contribution in [2.75, 3.05) is 5.73 Å². The third-order valence-electron chi connectivity index (χ3n) is 3.48. The van der Waals surface area contributed by atoms with E-state index in [4.69, 9.17) is 5.73 Å². The van der Waals surface area contributed by atoms with E-state index in [1.165, 1.54) is 18.2 Å². The first-order valence-corrected chi connectivity index (χ1v) is 8.60. The molecule has 0 heterocycles. The van der Waals surface area contributed by atoms with Gasteiger partial charge in [0.25, 0.3) is 15.9 Å². The molecule has 0 saturated carbocycles. The van der Waals surface area contributed by atoms with Gasteiger partial charge in [-0.15, -0.1) is 4.83 Å². The summed E-state index contributed by atoms with van der Waals surface area (Å²) in [5, 5.41) is 1.72. The largest absolute Gasteiger partial charge is 0.399 e. The zero-order chi connectivity index (χ0) is 17.2. The summed E-state index contributed by atoms with van der Waals surface area (Å²) in [6, 6.07) is 18.4. The van der Waals surface area contributed by atoms with Crippen LogP contribution in [0, 0.1) is 0 Å². The molecule has 1 amide bonds. The molecule has 0 spiro atoms. The molecule has 0 aliphatic rings. The van der Waals surface area contributed by atoms with E-state index in [9.17, 15) is 13.2 Å². The van der Waals surface area contributed by atoms with E-state index in [1.54, 1.807) is 24.3 Å². The number of nitrogen functional groups attached to an aromatic ring is 1. The number of hydrogen-bond acceptors (Lipinski definition) is 4. The molecular formula is C17H15N3O3S. The van der Waals surface area contributed by atoms with Gasteiger partial charge in [-0.05, 0) is 41.1 Å². The van der Waals surface area contributed by atoms with Crippen molar-refractivity contribution in [1.82, 2.24) is 10.3 Å². The highest BCUT2D eigenvalue weighted by Gasteiger charge is 2.16. The van der Waals surface area contributed by atoms with E-state index in [-0.39, 0.29) is 10.5 Å². The van der Waals surface area contributed by atoms with Gasteiger partial charge < -0.3 is 5.73 Å². The van der Waals surface area contributed by atoms with Crippen LogP contribution in [0.3, 0.4) is 0 Å². The first-order valence-electron chi connectivity index (χ1n) is 7.12. The summed E-state index contributed by atoms with van der Waals surface area (Å²) in [6.45, 7) is 0. The van der Waals surface area contributed by atoms with Gasteiger partial charge in [-0.25, -0.2) is 8.42 Å². The Labute approximate surface area is 139 Å². The first kappa shape index (κ1) is 16.0. The fourth-order valence-electron chi connectivity index (χ4n) is 2.26. The van der Waals surface area contributed by atoms with Crippen LogP contribution in [0.5, 0.6) is 0 Å². The minimum atomic E-state index is -3.88. The predicted molar refractivity (Wildman–Crippen MR) is 92.6 cm³/mol. The van der Waals surface area contributed by atoms with E-state index in [0.717, 1.165) is 10.8 Å². The molecule has 0 fully saturated rings. The van der Waals surface area contributed by atoms with Crippen LogP contribution in [0.2, 0.25) is 0 Å². The maximum atomic E-state index is 12.3. The van der Waals surface area contributed by atoms with Crippen LogP contribution >= 0.6 is 0 Å². The average molecular weight is 341 g/mol. The molecule has 0 bridgehead atoms. The average Bonchev–Trinajstić information content (AvgIpc) is 2.59. The van der Waals surface area contributed by atoms with Crippen LogP contribution in [0.4, 0.5) is 5.69 Å². The van der Waals surface area contributed by atoms with Crippen molar-refractivity contribution < 1.29 is 13.2 Å². The van der Waals surface area contributed by atoms with Gasteiger partial charge in [-0.2, -0.15) is 0 Å². The van der Waals surface area contributed by atoms with Gasteiger partial charge >= 0.3 is 0 Å². The summed E-state index contributed by atoms with van der Waals surface area (Å²) < 4.78 is 24.7. The monoisotopic (exact) mass is 341 g/mol. The molecule has 3 aromatic rings. The van der Waals surface area contributed by atoms with E-state index in [0.29, 0.717) is 5.69 Å². The smallest absolute Gasteiger partial charge is 0.266 e. The Morgan fingerprint density at radius 2 is 1.62 bits per heavy atom. The van der Waals surface area contributed by atoms with E-state index >= 15 is 0 Å². The molecule has 0 aromatic heterocycles. The van der Waals surface area contributed by atoms with Crippen LogP contribution in [0.15, 0.2) is 71.6 Å². The number of rotatable bonds is 4. The zero-order valence-corrected chi connectivity index (χ0v) is 13.4. The van der Waals surface area contributed by atoms with Crippen LogP contribution < -0.4 is 16.0 Å². The molecule has 0 unspecified atom stereocenters. The number of nitrogens with one attached hydrogen (secondary N) is 2. The SMILES string of the molecule is Nc1cccc(C(=O)NNS(=O)(=O)c2ccc3ccccc3c2)c1. The number of carbonyl (C=O) groups is 1. The van der Waals surface area contributed by atoms with Gasteiger partial charge in [0, 0.05) is 11.3 Å². The second kappa shape index (κ2) is 6.31. The lowest BCUT2D eigenvalue weighted by atomic mass is 10.1. The summed E-state index contributed by atoms with van der Waals surface area (Å²) in [6.07, 6.45) is 0. The number of anilines is 1. The molecule has 122 valence electrons. The lowest BCUT2D eigenvalue weighted by Gasteiger charge is -2.09. The summed E-state index contributed by atoms with van der Waals surface area (Å²) in [4.78, 5) is 14.1. The number of sulfonamides is 1. The number of carbonyl (C=O) groups excluding carboxylic acids is 1. The second-order valence-corrected chi connectivity index (χ2v) is 6.88. The highest BCUT2D eigenvalue weighted by Crippen LogP contribution is 2.18. The molecule has 3 aromatic carbocycles. The summed E-state index contributed by atoms with van der Waals surface area (Å²) in [5.74, 6) is -0.591. The van der Waals surface area contributed by atoms with Crippen molar-refractivity contribution in [3.63, 3.8) is 0 Å². The molecule has 0 aliphatic heterocycles. The topological polar surface area (TPSA) is 101 Å². The number of hydrogen-bond donors (Lipinski definition) is 3.